The second kappa shape index (κ2) is 4.94. The van der Waals surface area contributed by atoms with Gasteiger partial charge in [0.2, 0.25) is 0 Å². The highest BCUT2D eigenvalue weighted by Gasteiger charge is 2.34. The van der Waals surface area contributed by atoms with E-state index in [0.717, 1.165) is 30.9 Å². The van der Waals surface area contributed by atoms with Gasteiger partial charge in [-0.2, -0.15) is 0 Å². The zero-order valence-corrected chi connectivity index (χ0v) is 11.3. The summed E-state index contributed by atoms with van der Waals surface area (Å²) in [5.41, 5.74) is 1.04. The largest absolute Gasteiger partial charge is 0.368 e. The summed E-state index contributed by atoms with van der Waals surface area (Å²) in [5.74, 6) is 1.09. The summed E-state index contributed by atoms with van der Waals surface area (Å²) in [5, 5.41) is 0. The average molecular weight is 263 g/mol. The van der Waals surface area contributed by atoms with E-state index in [1.54, 1.807) is 0 Å². The molecule has 1 aromatic carbocycles. The molecule has 3 nitrogen and oxygen atoms in total. The second-order valence-corrected chi connectivity index (χ2v) is 5.90. The smallest absolute Gasteiger partial charge is 0.256 e. The average Bonchev–Trinajstić information content (AvgIpc) is 2.92. The normalized spacial score (nSPS) is 27.1. The van der Waals surface area contributed by atoms with E-state index >= 15 is 0 Å². The van der Waals surface area contributed by atoms with Crippen LogP contribution < -0.4 is 4.90 Å². The van der Waals surface area contributed by atoms with Crippen LogP contribution in [0.3, 0.4) is 0 Å². The highest BCUT2D eigenvalue weighted by atomic mass is 32.2. The van der Waals surface area contributed by atoms with Gasteiger partial charge in [0.25, 0.3) is 5.91 Å². The predicted molar refractivity (Wildman–Crippen MR) is 73.1 cm³/mol. The van der Waals surface area contributed by atoms with E-state index in [1.807, 2.05) is 34.9 Å². The number of benzene rings is 1. The van der Waals surface area contributed by atoms with Gasteiger partial charge >= 0.3 is 0 Å². The van der Waals surface area contributed by atoms with Gasteiger partial charge in [-0.1, -0.05) is 12.1 Å². The summed E-state index contributed by atoms with van der Waals surface area (Å²) < 4.78 is 5.53. The van der Waals surface area contributed by atoms with E-state index in [1.165, 1.54) is 4.90 Å². The molecule has 0 aliphatic carbocycles. The molecule has 0 bridgehead atoms. The fourth-order valence-electron chi connectivity index (χ4n) is 2.56. The van der Waals surface area contributed by atoms with Crippen molar-refractivity contribution in [1.82, 2.24) is 0 Å². The minimum absolute atomic E-state index is 0.132. The third-order valence-electron chi connectivity index (χ3n) is 3.49. The number of hydrogen-bond donors (Lipinski definition) is 0. The Bertz CT molecular complexity index is 457. The Kier molecular flexibility index (Phi) is 3.31. The molecule has 2 aliphatic rings. The molecule has 2 heterocycles. The number of para-hydroxylation sites is 1. The molecule has 0 radical (unpaired) electrons. The lowest BCUT2D eigenvalue weighted by Crippen LogP contribution is -2.47. The van der Waals surface area contributed by atoms with Crippen LogP contribution in [0.2, 0.25) is 0 Å². The first-order valence-corrected chi connectivity index (χ1v) is 7.42. The van der Waals surface area contributed by atoms with Crippen molar-refractivity contribution >= 4 is 23.4 Å². The highest BCUT2D eigenvalue weighted by molar-refractivity contribution is 7.99. The molecular formula is C14H17NO2S. The summed E-state index contributed by atoms with van der Waals surface area (Å²) in [4.78, 5) is 15.7. The number of rotatable bonds is 1. The molecule has 0 spiro atoms. The van der Waals surface area contributed by atoms with Gasteiger partial charge in [0, 0.05) is 23.3 Å². The molecule has 2 unspecified atom stereocenters. The van der Waals surface area contributed by atoms with Crippen LogP contribution in [0, 0.1) is 0 Å². The van der Waals surface area contributed by atoms with Crippen LogP contribution in [0.1, 0.15) is 19.8 Å². The SMILES string of the molecule is CC1CSc2ccccc2N1C(=O)C1CCCO1. The Balaban J connectivity index is 1.92. The molecule has 2 atom stereocenters. The van der Waals surface area contributed by atoms with Crippen molar-refractivity contribution in [3.8, 4) is 0 Å². The van der Waals surface area contributed by atoms with E-state index < -0.39 is 0 Å². The molecular weight excluding hydrogens is 246 g/mol. The molecule has 2 aliphatic heterocycles. The molecule has 3 rings (SSSR count). The Morgan fingerprint density at radius 1 is 1.44 bits per heavy atom. The zero-order valence-electron chi connectivity index (χ0n) is 10.5. The van der Waals surface area contributed by atoms with Crippen LogP contribution in [0.5, 0.6) is 0 Å². The summed E-state index contributed by atoms with van der Waals surface area (Å²) in [7, 11) is 0. The third kappa shape index (κ3) is 2.04. The third-order valence-corrected chi connectivity index (χ3v) is 4.79. The van der Waals surface area contributed by atoms with Crippen molar-refractivity contribution in [3.05, 3.63) is 24.3 Å². The standard InChI is InChI=1S/C14H17NO2S/c1-10-9-18-13-7-3-2-5-11(13)15(10)14(16)12-6-4-8-17-12/h2-3,5,7,10,12H,4,6,8-9H2,1H3. The minimum atomic E-state index is -0.233. The summed E-state index contributed by atoms with van der Waals surface area (Å²) in [6, 6.07) is 8.37. The highest BCUT2D eigenvalue weighted by Crippen LogP contribution is 2.38. The molecule has 0 N–H and O–H groups in total. The van der Waals surface area contributed by atoms with Crippen LogP contribution >= 0.6 is 11.8 Å². The molecule has 1 aromatic rings. The summed E-state index contributed by atoms with van der Waals surface area (Å²) in [6.07, 6.45) is 1.62. The Morgan fingerprint density at radius 3 is 3.06 bits per heavy atom. The monoisotopic (exact) mass is 263 g/mol. The van der Waals surface area contributed by atoms with E-state index in [4.69, 9.17) is 4.74 Å². The van der Waals surface area contributed by atoms with E-state index in [0.29, 0.717) is 0 Å². The van der Waals surface area contributed by atoms with Crippen molar-refractivity contribution in [2.45, 2.75) is 36.8 Å². The molecule has 0 aromatic heterocycles. The number of nitrogens with zero attached hydrogens (tertiary/aromatic N) is 1. The van der Waals surface area contributed by atoms with Crippen molar-refractivity contribution in [2.24, 2.45) is 0 Å². The number of hydrogen-bond acceptors (Lipinski definition) is 3. The molecule has 18 heavy (non-hydrogen) atoms. The lowest BCUT2D eigenvalue weighted by molar-refractivity contribution is -0.127. The molecule has 96 valence electrons. The summed E-state index contributed by atoms with van der Waals surface area (Å²) >= 11 is 1.83. The maximum absolute atomic E-state index is 12.6. The number of anilines is 1. The van der Waals surface area contributed by atoms with Crippen molar-refractivity contribution < 1.29 is 9.53 Å². The molecule has 1 saturated heterocycles. The minimum Gasteiger partial charge on any atom is -0.368 e. The molecule has 0 saturated carbocycles. The lowest BCUT2D eigenvalue weighted by atomic mass is 10.1. The maximum Gasteiger partial charge on any atom is 0.256 e. The van der Waals surface area contributed by atoms with Gasteiger partial charge in [0.05, 0.1) is 5.69 Å². The number of ether oxygens (including phenoxy) is 1. The fraction of sp³-hybridized carbons (Fsp3) is 0.500. The van der Waals surface area contributed by atoms with Crippen LogP contribution in [0.25, 0.3) is 0 Å². The topological polar surface area (TPSA) is 29.5 Å². The Morgan fingerprint density at radius 2 is 2.28 bits per heavy atom. The van der Waals surface area contributed by atoms with Gasteiger partial charge in [-0.15, -0.1) is 11.8 Å². The van der Waals surface area contributed by atoms with Gasteiger partial charge in [0.1, 0.15) is 6.10 Å². The number of amides is 1. The number of carbonyl (C=O) groups is 1. The van der Waals surface area contributed by atoms with Gasteiger partial charge in [0.15, 0.2) is 0 Å². The maximum atomic E-state index is 12.6. The lowest BCUT2D eigenvalue weighted by Gasteiger charge is -2.36. The number of carbonyl (C=O) groups excluding carboxylic acids is 1. The van der Waals surface area contributed by atoms with E-state index in [-0.39, 0.29) is 18.1 Å². The Hall–Kier alpha value is -1.00. The van der Waals surface area contributed by atoms with Crippen molar-refractivity contribution in [3.63, 3.8) is 0 Å². The van der Waals surface area contributed by atoms with Gasteiger partial charge in [-0.25, -0.2) is 0 Å². The van der Waals surface area contributed by atoms with Gasteiger partial charge in [-0.3, -0.25) is 4.79 Å². The van der Waals surface area contributed by atoms with Crippen molar-refractivity contribution in [1.29, 1.82) is 0 Å². The van der Waals surface area contributed by atoms with E-state index in [9.17, 15) is 4.79 Å². The zero-order chi connectivity index (χ0) is 12.5. The molecule has 1 fully saturated rings. The predicted octanol–water partition coefficient (Wildman–Crippen LogP) is 2.69. The number of thioether (sulfide) groups is 1. The van der Waals surface area contributed by atoms with Gasteiger partial charge < -0.3 is 9.64 Å². The van der Waals surface area contributed by atoms with Crippen molar-refractivity contribution in [2.75, 3.05) is 17.3 Å². The van der Waals surface area contributed by atoms with Crippen LogP contribution in [-0.4, -0.2) is 30.4 Å². The van der Waals surface area contributed by atoms with E-state index in [2.05, 4.69) is 13.0 Å². The Labute approximate surface area is 111 Å². The number of fused-ring (bicyclic) bond motifs is 1. The quantitative estimate of drug-likeness (QED) is 0.780. The van der Waals surface area contributed by atoms with Crippen LogP contribution in [0.4, 0.5) is 5.69 Å². The van der Waals surface area contributed by atoms with Crippen LogP contribution in [-0.2, 0) is 9.53 Å². The van der Waals surface area contributed by atoms with Crippen LogP contribution in [0.15, 0.2) is 29.2 Å². The summed E-state index contributed by atoms with van der Waals surface area (Å²) in [6.45, 7) is 2.82. The molecule has 1 amide bonds. The molecule has 4 heteroatoms. The second-order valence-electron chi connectivity index (χ2n) is 4.84. The first-order chi connectivity index (χ1) is 8.77. The fourth-order valence-corrected chi connectivity index (χ4v) is 3.62. The van der Waals surface area contributed by atoms with Gasteiger partial charge in [-0.05, 0) is 31.9 Å². The first-order valence-electron chi connectivity index (χ1n) is 6.44. The first kappa shape index (κ1) is 12.1.